The topological polar surface area (TPSA) is 47.6 Å². The highest BCUT2D eigenvalue weighted by Crippen LogP contribution is 2.30. The number of oxazole rings is 1. The highest BCUT2D eigenvalue weighted by Gasteiger charge is 2.12. The zero-order valence-corrected chi connectivity index (χ0v) is 16.7. The van der Waals surface area contributed by atoms with Gasteiger partial charge in [0.2, 0.25) is 5.89 Å². The number of fused-ring (bicyclic) bond motifs is 1. The number of ether oxygens (including phenoxy) is 1. The largest absolute Gasteiger partial charge is 0.496 e. The lowest BCUT2D eigenvalue weighted by atomic mass is 10.00. The molecule has 0 atom stereocenters. The van der Waals surface area contributed by atoms with Crippen molar-refractivity contribution >= 4 is 17.3 Å². The molecule has 0 saturated carbocycles. The summed E-state index contributed by atoms with van der Waals surface area (Å²) in [6.45, 7) is 4.00. The van der Waals surface area contributed by atoms with E-state index in [-0.39, 0.29) is 0 Å². The van der Waals surface area contributed by atoms with E-state index in [1.54, 1.807) is 7.11 Å². The zero-order valence-electron chi connectivity index (χ0n) is 16.7. The number of para-hydroxylation sites is 2. The minimum absolute atomic E-state index is 0.615. The van der Waals surface area contributed by atoms with Gasteiger partial charge >= 0.3 is 0 Å². The van der Waals surface area contributed by atoms with E-state index in [4.69, 9.17) is 9.15 Å². The third kappa shape index (κ3) is 4.58. The molecule has 0 radical (unpaired) electrons. The van der Waals surface area contributed by atoms with Crippen LogP contribution in [0.15, 0.2) is 75.8 Å². The van der Waals surface area contributed by atoms with Gasteiger partial charge in [0, 0.05) is 18.0 Å². The second-order valence-electron chi connectivity index (χ2n) is 6.23. The van der Waals surface area contributed by atoms with Crippen LogP contribution >= 0.6 is 0 Å². The first kappa shape index (κ1) is 19.6. The number of rotatable bonds is 5. The van der Waals surface area contributed by atoms with Crippen molar-refractivity contribution in [1.82, 2.24) is 4.98 Å². The summed E-state index contributed by atoms with van der Waals surface area (Å²) < 4.78 is 11.5. The van der Waals surface area contributed by atoms with Gasteiger partial charge in [0.25, 0.3) is 0 Å². The Hall–Kier alpha value is -3.14. The zero-order chi connectivity index (χ0) is 19.8. The molecule has 3 aromatic rings. The number of aromatic nitrogens is 1. The van der Waals surface area contributed by atoms with Crippen molar-refractivity contribution in [3.8, 4) is 17.2 Å². The van der Waals surface area contributed by atoms with E-state index in [1.165, 1.54) is 11.1 Å². The van der Waals surface area contributed by atoms with Gasteiger partial charge in [0.15, 0.2) is 5.58 Å². The summed E-state index contributed by atoms with van der Waals surface area (Å²) in [5, 5.41) is 0. The van der Waals surface area contributed by atoms with Crippen LogP contribution in [0.5, 0.6) is 5.75 Å². The fourth-order valence-electron chi connectivity index (χ4n) is 3.09. The van der Waals surface area contributed by atoms with Crippen molar-refractivity contribution in [3.63, 3.8) is 0 Å². The average molecular weight is 374 g/mol. The van der Waals surface area contributed by atoms with Crippen molar-refractivity contribution in [3.05, 3.63) is 72.0 Å². The maximum Gasteiger partial charge on any atom is 0.227 e. The molecule has 1 aromatic heterocycles. The van der Waals surface area contributed by atoms with E-state index in [0.29, 0.717) is 5.89 Å². The number of allylic oxidation sites excluding steroid dienone is 3. The summed E-state index contributed by atoms with van der Waals surface area (Å²) in [4.78, 5) is 8.71. The maximum atomic E-state index is 5.86. The van der Waals surface area contributed by atoms with Gasteiger partial charge in [-0.15, -0.1) is 0 Å². The number of benzene rings is 2. The molecule has 0 spiro atoms. The molecule has 144 valence electrons. The molecule has 4 heteroatoms. The molecular weight excluding hydrogens is 348 g/mol. The lowest BCUT2D eigenvalue weighted by Crippen LogP contribution is -1.95. The standard InChI is InChI=1S/C22H20N2O2.C2H6/c1-25-21-15-18(22-24-19-6-2-3-7-20(19)26-22)11-10-17(21)9-8-16-5-4-13-23-14-12-16;1-2/h2-4,6-7,10-15H,5,8-9H2,1H3;1-2H3. The highest BCUT2D eigenvalue weighted by molar-refractivity contribution is 5.76. The molecular formula is C24H26N2O2. The minimum atomic E-state index is 0.615. The van der Waals surface area contributed by atoms with E-state index in [2.05, 4.69) is 28.2 Å². The highest BCUT2D eigenvalue weighted by atomic mass is 16.5. The van der Waals surface area contributed by atoms with Crippen molar-refractivity contribution in [2.45, 2.75) is 33.1 Å². The Kier molecular flexibility index (Phi) is 6.79. The molecule has 0 unspecified atom stereocenters. The van der Waals surface area contributed by atoms with Crippen LogP contribution < -0.4 is 4.74 Å². The van der Waals surface area contributed by atoms with Gasteiger partial charge < -0.3 is 9.15 Å². The predicted molar refractivity (Wildman–Crippen MR) is 116 cm³/mol. The van der Waals surface area contributed by atoms with Crippen LogP contribution in [0.25, 0.3) is 22.6 Å². The summed E-state index contributed by atoms with van der Waals surface area (Å²) in [5.74, 6) is 1.48. The summed E-state index contributed by atoms with van der Waals surface area (Å²) in [5.41, 5.74) is 5.12. The van der Waals surface area contributed by atoms with Gasteiger partial charge in [-0.2, -0.15) is 0 Å². The molecule has 1 aliphatic heterocycles. The summed E-state index contributed by atoms with van der Waals surface area (Å²) >= 11 is 0. The molecule has 0 bridgehead atoms. The number of hydrogen-bond donors (Lipinski definition) is 0. The lowest BCUT2D eigenvalue weighted by Gasteiger charge is -2.10. The van der Waals surface area contributed by atoms with Crippen molar-refractivity contribution in [2.24, 2.45) is 4.99 Å². The van der Waals surface area contributed by atoms with Crippen LogP contribution in [0.1, 0.15) is 32.3 Å². The first-order valence-electron chi connectivity index (χ1n) is 9.72. The normalized spacial score (nSPS) is 12.9. The third-order valence-corrected chi connectivity index (χ3v) is 4.51. The Bertz CT molecular complexity index is 979. The van der Waals surface area contributed by atoms with Gasteiger partial charge in [-0.3, -0.25) is 4.99 Å². The smallest absolute Gasteiger partial charge is 0.227 e. The Labute approximate surface area is 166 Å². The quantitative estimate of drug-likeness (QED) is 0.521. The molecule has 28 heavy (non-hydrogen) atoms. The SMILES string of the molecule is CC.COc1cc(-c2nc3ccccc3o2)ccc1CCC1=CC=NC=CC1. The van der Waals surface area contributed by atoms with E-state index in [1.807, 2.05) is 62.7 Å². The van der Waals surface area contributed by atoms with Gasteiger partial charge in [-0.25, -0.2) is 4.98 Å². The van der Waals surface area contributed by atoms with Gasteiger partial charge in [-0.1, -0.05) is 43.7 Å². The lowest BCUT2D eigenvalue weighted by molar-refractivity contribution is 0.409. The Balaban J connectivity index is 0.00000109. The molecule has 4 nitrogen and oxygen atoms in total. The van der Waals surface area contributed by atoms with E-state index >= 15 is 0 Å². The number of aryl methyl sites for hydroxylation is 1. The molecule has 0 N–H and O–H groups in total. The van der Waals surface area contributed by atoms with Crippen molar-refractivity contribution in [2.75, 3.05) is 7.11 Å². The average Bonchev–Trinajstić information content (AvgIpc) is 3.02. The number of methoxy groups -OCH3 is 1. The third-order valence-electron chi connectivity index (χ3n) is 4.51. The molecule has 1 aliphatic rings. The summed E-state index contributed by atoms with van der Waals surface area (Å²) in [7, 11) is 1.70. The number of hydrogen-bond acceptors (Lipinski definition) is 4. The van der Waals surface area contributed by atoms with Crippen LogP contribution in [0.3, 0.4) is 0 Å². The van der Waals surface area contributed by atoms with Crippen LogP contribution in [0, 0.1) is 0 Å². The molecule has 2 aromatic carbocycles. The molecule has 0 amide bonds. The molecule has 4 rings (SSSR count). The van der Waals surface area contributed by atoms with Crippen LogP contribution in [0.2, 0.25) is 0 Å². The van der Waals surface area contributed by atoms with E-state index in [0.717, 1.165) is 41.7 Å². The second kappa shape index (κ2) is 9.70. The van der Waals surface area contributed by atoms with Crippen LogP contribution in [0.4, 0.5) is 0 Å². The minimum Gasteiger partial charge on any atom is -0.496 e. The van der Waals surface area contributed by atoms with Crippen molar-refractivity contribution in [1.29, 1.82) is 0 Å². The first-order chi connectivity index (χ1) is 13.8. The number of aliphatic imine (C=N–C) groups is 1. The molecule has 0 aliphatic carbocycles. The van der Waals surface area contributed by atoms with Crippen molar-refractivity contribution < 1.29 is 9.15 Å². The van der Waals surface area contributed by atoms with Crippen LogP contribution in [-0.2, 0) is 6.42 Å². The monoisotopic (exact) mass is 374 g/mol. The van der Waals surface area contributed by atoms with Gasteiger partial charge in [0.05, 0.1) is 7.11 Å². The van der Waals surface area contributed by atoms with Gasteiger partial charge in [0.1, 0.15) is 11.3 Å². The first-order valence-corrected chi connectivity index (χ1v) is 9.72. The Morgan fingerprint density at radius 1 is 1.07 bits per heavy atom. The fraction of sp³-hybridized carbons (Fsp3) is 0.250. The predicted octanol–water partition coefficient (Wildman–Crippen LogP) is 6.38. The van der Waals surface area contributed by atoms with E-state index in [9.17, 15) is 0 Å². The van der Waals surface area contributed by atoms with Crippen LogP contribution in [-0.4, -0.2) is 18.3 Å². The summed E-state index contributed by atoms with van der Waals surface area (Å²) in [6.07, 6.45) is 10.7. The summed E-state index contributed by atoms with van der Waals surface area (Å²) in [6, 6.07) is 13.9. The fourth-order valence-corrected chi connectivity index (χ4v) is 3.09. The van der Waals surface area contributed by atoms with Gasteiger partial charge in [-0.05, 0) is 55.2 Å². The molecule has 0 saturated heterocycles. The maximum absolute atomic E-state index is 5.86. The number of nitrogens with zero attached hydrogens (tertiary/aromatic N) is 2. The Morgan fingerprint density at radius 2 is 1.93 bits per heavy atom. The molecule has 0 fully saturated rings. The molecule has 2 heterocycles. The van der Waals surface area contributed by atoms with E-state index < -0.39 is 0 Å². The second-order valence-corrected chi connectivity index (χ2v) is 6.23. The Morgan fingerprint density at radius 3 is 2.75 bits per heavy atom.